The molecular formula is C30H27FN2O6. The van der Waals surface area contributed by atoms with Crippen molar-refractivity contribution in [3.63, 3.8) is 0 Å². The third-order valence-electron chi connectivity index (χ3n) is 6.54. The average molecular weight is 531 g/mol. The molecule has 200 valence electrons. The lowest BCUT2D eigenvalue weighted by Crippen LogP contribution is -2.31. The summed E-state index contributed by atoms with van der Waals surface area (Å²) in [5, 5.41) is 15.3. The quantitative estimate of drug-likeness (QED) is 0.245. The summed E-state index contributed by atoms with van der Waals surface area (Å²) in [6.07, 6.45) is 7.02. The number of ketones is 1. The summed E-state index contributed by atoms with van der Waals surface area (Å²) in [6, 6.07) is 20.2. The largest absolute Gasteiger partial charge is 0.473 e. The number of furan rings is 1. The van der Waals surface area contributed by atoms with E-state index in [4.69, 9.17) is 24.2 Å². The zero-order valence-corrected chi connectivity index (χ0v) is 21.0. The first-order valence-electron chi connectivity index (χ1n) is 12.4. The van der Waals surface area contributed by atoms with Gasteiger partial charge in [0.15, 0.2) is 5.78 Å². The molecular weight excluding hydrogens is 503 g/mol. The second kappa shape index (κ2) is 12.7. The van der Waals surface area contributed by atoms with Crippen LogP contribution in [0.3, 0.4) is 0 Å². The number of hydrogen-bond donors (Lipinski definition) is 2. The maximum atomic E-state index is 14.0. The van der Waals surface area contributed by atoms with Gasteiger partial charge in [-0.3, -0.25) is 14.7 Å². The number of pyridine rings is 1. The normalized spacial score (nSPS) is 14.1. The zero-order valence-electron chi connectivity index (χ0n) is 21.0. The molecule has 39 heavy (non-hydrogen) atoms. The van der Waals surface area contributed by atoms with Gasteiger partial charge in [0.2, 0.25) is 0 Å². The number of Topliss-reactive ketones (excluding diaryl/α,β-unsaturated/α-hetero) is 1. The Labute approximate surface area is 224 Å². The van der Waals surface area contributed by atoms with Crippen LogP contribution in [0.25, 0.3) is 16.5 Å². The van der Waals surface area contributed by atoms with Crippen LogP contribution in [0.4, 0.5) is 4.39 Å². The lowest BCUT2D eigenvalue weighted by atomic mass is 9.90. The summed E-state index contributed by atoms with van der Waals surface area (Å²) >= 11 is 0. The minimum Gasteiger partial charge on any atom is -0.473 e. The SMILES string of the molecule is O=C(O)C(=O)O.O=C(c1ccccc1)C(CCN1CC=C(c2ccc(F)c3ccoc23)CC1)c1ccccn1. The highest BCUT2D eigenvalue weighted by Crippen LogP contribution is 2.32. The summed E-state index contributed by atoms with van der Waals surface area (Å²) in [6.45, 7) is 2.45. The van der Waals surface area contributed by atoms with Crippen LogP contribution >= 0.6 is 0 Å². The van der Waals surface area contributed by atoms with Gasteiger partial charge in [-0.25, -0.2) is 14.0 Å². The molecule has 0 radical (unpaired) electrons. The molecule has 2 aromatic carbocycles. The van der Waals surface area contributed by atoms with Gasteiger partial charge in [0.1, 0.15) is 11.4 Å². The van der Waals surface area contributed by atoms with Crippen molar-refractivity contribution < 1.29 is 33.4 Å². The highest BCUT2D eigenvalue weighted by atomic mass is 19.1. The molecule has 4 aromatic rings. The lowest BCUT2D eigenvalue weighted by Gasteiger charge is -2.28. The van der Waals surface area contributed by atoms with Gasteiger partial charge in [0.05, 0.1) is 23.3 Å². The number of fused-ring (bicyclic) bond motifs is 1. The number of hydrogen-bond acceptors (Lipinski definition) is 6. The van der Waals surface area contributed by atoms with Crippen LogP contribution in [-0.4, -0.2) is 57.5 Å². The van der Waals surface area contributed by atoms with E-state index in [0.29, 0.717) is 23.0 Å². The van der Waals surface area contributed by atoms with E-state index in [1.165, 1.54) is 17.9 Å². The van der Waals surface area contributed by atoms with Crippen molar-refractivity contribution >= 4 is 34.3 Å². The third-order valence-corrected chi connectivity index (χ3v) is 6.54. The van der Waals surface area contributed by atoms with Crippen LogP contribution in [0.1, 0.15) is 40.4 Å². The molecule has 9 heteroatoms. The molecule has 0 saturated heterocycles. The fourth-order valence-corrected chi connectivity index (χ4v) is 4.55. The minimum atomic E-state index is -1.82. The molecule has 1 aliphatic heterocycles. The molecule has 3 heterocycles. The van der Waals surface area contributed by atoms with E-state index >= 15 is 0 Å². The molecule has 1 aliphatic rings. The van der Waals surface area contributed by atoms with Crippen LogP contribution in [0.5, 0.6) is 0 Å². The first-order chi connectivity index (χ1) is 18.8. The van der Waals surface area contributed by atoms with E-state index in [9.17, 15) is 9.18 Å². The monoisotopic (exact) mass is 530 g/mol. The molecule has 0 saturated carbocycles. The number of aromatic nitrogens is 1. The molecule has 2 aromatic heterocycles. The second-order valence-corrected chi connectivity index (χ2v) is 8.97. The van der Waals surface area contributed by atoms with Crippen molar-refractivity contribution in [3.8, 4) is 0 Å². The number of nitrogens with zero attached hydrogens (tertiary/aromatic N) is 2. The van der Waals surface area contributed by atoms with Gasteiger partial charge in [-0.2, -0.15) is 0 Å². The summed E-state index contributed by atoms with van der Waals surface area (Å²) in [4.78, 5) is 38.3. The Hall–Kier alpha value is -4.63. The molecule has 0 aliphatic carbocycles. The Balaban J connectivity index is 0.000000531. The fraction of sp³-hybridized carbons (Fsp3) is 0.200. The summed E-state index contributed by atoms with van der Waals surface area (Å²) < 4.78 is 19.6. The van der Waals surface area contributed by atoms with Crippen LogP contribution < -0.4 is 0 Å². The van der Waals surface area contributed by atoms with Gasteiger partial charge >= 0.3 is 11.9 Å². The standard InChI is InChI=1S/C28H25FN2O2.C2H2O4/c29-25-10-9-22(28-23(25)14-19-33-28)20-11-16-31(17-12-20)18-13-24(26-8-4-5-15-30-26)27(32)21-6-2-1-3-7-21;3-1(4)2(5)6/h1-11,14-15,19,24H,12-13,16-18H2;(H,3,4)(H,5,6). The minimum absolute atomic E-state index is 0.106. The Morgan fingerprint density at radius 3 is 2.36 bits per heavy atom. The maximum absolute atomic E-state index is 14.0. The molecule has 8 nitrogen and oxygen atoms in total. The first kappa shape index (κ1) is 27.4. The second-order valence-electron chi connectivity index (χ2n) is 8.97. The van der Waals surface area contributed by atoms with E-state index in [1.807, 2.05) is 48.5 Å². The summed E-state index contributed by atoms with van der Waals surface area (Å²) in [5.74, 6) is -4.08. The van der Waals surface area contributed by atoms with Crippen LogP contribution in [0, 0.1) is 5.82 Å². The van der Waals surface area contributed by atoms with Crippen molar-refractivity contribution in [2.24, 2.45) is 0 Å². The summed E-state index contributed by atoms with van der Waals surface area (Å²) in [7, 11) is 0. The smallest absolute Gasteiger partial charge is 0.414 e. The maximum Gasteiger partial charge on any atom is 0.414 e. The zero-order chi connectivity index (χ0) is 27.8. The van der Waals surface area contributed by atoms with Crippen molar-refractivity contribution in [3.05, 3.63) is 108 Å². The Morgan fingerprint density at radius 1 is 0.974 bits per heavy atom. The third kappa shape index (κ3) is 6.82. The average Bonchev–Trinajstić information content (AvgIpc) is 3.46. The Bertz CT molecular complexity index is 1470. The van der Waals surface area contributed by atoms with Gasteiger partial charge in [0, 0.05) is 30.4 Å². The molecule has 1 unspecified atom stereocenters. The van der Waals surface area contributed by atoms with E-state index in [2.05, 4.69) is 16.0 Å². The van der Waals surface area contributed by atoms with Crippen LogP contribution in [0.15, 0.2) is 89.7 Å². The van der Waals surface area contributed by atoms with Gasteiger partial charge in [0.25, 0.3) is 0 Å². The predicted molar refractivity (Wildman–Crippen MR) is 143 cm³/mol. The topological polar surface area (TPSA) is 121 Å². The molecule has 0 bridgehead atoms. The summed E-state index contributed by atoms with van der Waals surface area (Å²) in [5.41, 5.74) is 4.27. The van der Waals surface area contributed by atoms with Crippen LogP contribution in [0.2, 0.25) is 0 Å². The van der Waals surface area contributed by atoms with E-state index in [1.54, 1.807) is 18.3 Å². The van der Waals surface area contributed by atoms with Gasteiger partial charge in [-0.05, 0) is 55.3 Å². The Morgan fingerprint density at radius 2 is 1.72 bits per heavy atom. The molecule has 0 amide bonds. The van der Waals surface area contributed by atoms with Gasteiger partial charge in [-0.15, -0.1) is 0 Å². The van der Waals surface area contributed by atoms with Crippen molar-refractivity contribution in [1.82, 2.24) is 9.88 Å². The highest BCUT2D eigenvalue weighted by Gasteiger charge is 2.25. The van der Waals surface area contributed by atoms with Crippen molar-refractivity contribution in [2.75, 3.05) is 19.6 Å². The fourth-order valence-electron chi connectivity index (χ4n) is 4.55. The van der Waals surface area contributed by atoms with Gasteiger partial charge in [-0.1, -0.05) is 42.5 Å². The molecule has 0 fully saturated rings. The number of carboxylic acid groups (broad SMARTS) is 2. The van der Waals surface area contributed by atoms with Gasteiger partial charge < -0.3 is 14.6 Å². The van der Waals surface area contributed by atoms with E-state index in [-0.39, 0.29) is 17.5 Å². The number of aliphatic carboxylic acids is 2. The number of carboxylic acids is 2. The van der Waals surface area contributed by atoms with E-state index < -0.39 is 11.9 Å². The van der Waals surface area contributed by atoms with Crippen molar-refractivity contribution in [1.29, 1.82) is 0 Å². The molecule has 5 rings (SSSR count). The van der Waals surface area contributed by atoms with E-state index in [0.717, 1.165) is 37.3 Å². The number of carbonyl (C=O) groups is 3. The van der Waals surface area contributed by atoms with Crippen LogP contribution in [-0.2, 0) is 9.59 Å². The highest BCUT2D eigenvalue weighted by molar-refractivity contribution is 6.27. The predicted octanol–water partition coefficient (Wildman–Crippen LogP) is 5.27. The number of benzene rings is 2. The molecule has 1 atom stereocenters. The van der Waals surface area contributed by atoms with Crippen molar-refractivity contribution in [2.45, 2.75) is 18.8 Å². The molecule has 0 spiro atoms. The first-order valence-corrected chi connectivity index (χ1v) is 12.4. The number of rotatable bonds is 7. The molecule has 2 N–H and O–H groups in total. The number of carbonyl (C=O) groups excluding carboxylic acids is 1. The Kier molecular flexibility index (Phi) is 8.96. The lowest BCUT2D eigenvalue weighted by molar-refractivity contribution is -0.159. The number of halogens is 1.